The summed E-state index contributed by atoms with van der Waals surface area (Å²) in [6.07, 6.45) is 9.60. The molecule has 0 saturated heterocycles. The van der Waals surface area contributed by atoms with Gasteiger partial charge in [0.25, 0.3) is 0 Å². The van der Waals surface area contributed by atoms with Gasteiger partial charge in [-0.3, -0.25) is 0 Å². The minimum Gasteiger partial charge on any atom is -0.497 e. The van der Waals surface area contributed by atoms with E-state index < -0.39 is 11.0 Å². The molecule has 0 aromatic heterocycles. The summed E-state index contributed by atoms with van der Waals surface area (Å²) >= 11 is 0. The highest BCUT2D eigenvalue weighted by molar-refractivity contribution is 5.61. The summed E-state index contributed by atoms with van der Waals surface area (Å²) in [5, 5.41) is 12.1. The Labute approximate surface area is 162 Å². The van der Waals surface area contributed by atoms with Crippen LogP contribution in [-0.2, 0) is 5.60 Å². The number of terminal acetylenes is 1. The lowest BCUT2D eigenvalue weighted by Crippen LogP contribution is -2.47. The largest absolute Gasteiger partial charge is 0.497 e. The van der Waals surface area contributed by atoms with Crippen molar-refractivity contribution >= 4 is 6.08 Å². The van der Waals surface area contributed by atoms with Crippen molar-refractivity contribution in [1.29, 1.82) is 0 Å². The first kappa shape index (κ1) is 19.2. The number of benzene rings is 2. The van der Waals surface area contributed by atoms with Crippen LogP contribution in [0.5, 0.6) is 5.75 Å². The normalized spacial score (nSPS) is 26.3. The molecule has 2 aromatic carbocycles. The van der Waals surface area contributed by atoms with Crippen LogP contribution in [0.3, 0.4) is 0 Å². The Balaban J connectivity index is 2.16. The van der Waals surface area contributed by atoms with Gasteiger partial charge in [0.15, 0.2) is 0 Å². The third kappa shape index (κ3) is 3.39. The number of hydrogen-bond acceptors (Lipinski definition) is 3. The van der Waals surface area contributed by atoms with Gasteiger partial charge in [-0.1, -0.05) is 54.5 Å². The zero-order chi connectivity index (χ0) is 19.5. The van der Waals surface area contributed by atoms with E-state index in [9.17, 15) is 5.11 Å². The molecular weight excluding hydrogens is 334 g/mol. The lowest BCUT2D eigenvalue weighted by Gasteiger charge is -2.41. The molecule has 1 N–H and O–H groups in total. The summed E-state index contributed by atoms with van der Waals surface area (Å²) in [4.78, 5) is 2.06. The minimum absolute atomic E-state index is 0.615. The Morgan fingerprint density at radius 3 is 2.56 bits per heavy atom. The molecule has 1 aliphatic rings. The molecule has 0 spiro atoms. The average molecular weight is 361 g/mol. The van der Waals surface area contributed by atoms with E-state index in [0.717, 1.165) is 35.3 Å². The summed E-state index contributed by atoms with van der Waals surface area (Å²) < 4.78 is 5.34. The topological polar surface area (TPSA) is 32.7 Å². The fraction of sp³-hybridized carbons (Fsp3) is 0.333. The van der Waals surface area contributed by atoms with Crippen molar-refractivity contribution in [3.63, 3.8) is 0 Å². The van der Waals surface area contributed by atoms with Crippen LogP contribution in [0.1, 0.15) is 24.0 Å². The second-order valence-electron chi connectivity index (χ2n) is 7.49. The van der Waals surface area contributed by atoms with Crippen LogP contribution < -0.4 is 4.74 Å². The van der Waals surface area contributed by atoms with Crippen molar-refractivity contribution in [2.45, 2.75) is 18.4 Å². The van der Waals surface area contributed by atoms with Gasteiger partial charge < -0.3 is 14.7 Å². The molecule has 1 aliphatic carbocycles. The van der Waals surface area contributed by atoms with Crippen molar-refractivity contribution < 1.29 is 9.84 Å². The number of rotatable bonds is 5. The Morgan fingerprint density at radius 1 is 1.19 bits per heavy atom. The van der Waals surface area contributed by atoms with E-state index in [1.54, 1.807) is 7.11 Å². The standard InChI is InChI=1S/C24H27NO2/c1-5-23(18-25(2)3)15-14-21(16-19-10-9-13-22(17-19)27-4)24(23,26)20-11-7-6-8-12-20/h1,6-13,16-17,26H,14-15,18H2,2-4H3. The predicted molar refractivity (Wildman–Crippen MR) is 110 cm³/mol. The third-order valence-corrected chi connectivity index (χ3v) is 5.47. The molecule has 1 fully saturated rings. The lowest BCUT2D eigenvalue weighted by molar-refractivity contribution is -0.0173. The molecule has 27 heavy (non-hydrogen) atoms. The first-order valence-electron chi connectivity index (χ1n) is 9.21. The third-order valence-electron chi connectivity index (χ3n) is 5.47. The van der Waals surface area contributed by atoms with Gasteiger partial charge in [0.1, 0.15) is 11.4 Å². The molecular formula is C24H27NO2. The van der Waals surface area contributed by atoms with Crippen molar-refractivity contribution in [2.75, 3.05) is 27.7 Å². The Bertz CT molecular complexity index is 865. The van der Waals surface area contributed by atoms with Crippen molar-refractivity contribution in [2.24, 2.45) is 5.41 Å². The maximum atomic E-state index is 12.1. The van der Waals surface area contributed by atoms with Crippen LogP contribution in [0.25, 0.3) is 6.08 Å². The lowest BCUT2D eigenvalue weighted by atomic mass is 9.69. The molecule has 0 aliphatic heterocycles. The summed E-state index contributed by atoms with van der Waals surface area (Å²) in [5.74, 6) is 3.77. The molecule has 0 amide bonds. The van der Waals surface area contributed by atoms with E-state index in [4.69, 9.17) is 11.2 Å². The highest BCUT2D eigenvalue weighted by Gasteiger charge is 2.57. The van der Waals surface area contributed by atoms with Crippen molar-refractivity contribution in [3.05, 3.63) is 71.3 Å². The SMILES string of the molecule is C#CC1(CN(C)C)CCC(=Cc2cccc(OC)c2)C1(O)c1ccccc1. The van der Waals surface area contributed by atoms with Crippen molar-refractivity contribution in [3.8, 4) is 18.1 Å². The molecule has 2 aromatic rings. The number of nitrogens with zero attached hydrogens (tertiary/aromatic N) is 1. The first-order valence-corrected chi connectivity index (χ1v) is 9.21. The summed E-state index contributed by atoms with van der Waals surface area (Å²) in [7, 11) is 5.64. The zero-order valence-corrected chi connectivity index (χ0v) is 16.3. The smallest absolute Gasteiger partial charge is 0.129 e. The minimum atomic E-state index is -1.21. The molecule has 140 valence electrons. The number of ether oxygens (including phenoxy) is 1. The quantitative estimate of drug-likeness (QED) is 0.819. The molecule has 3 heteroatoms. The Kier molecular flexibility index (Phi) is 5.41. The van der Waals surface area contributed by atoms with Gasteiger partial charge in [-0.15, -0.1) is 6.42 Å². The highest BCUT2D eigenvalue weighted by atomic mass is 16.5. The molecule has 1 saturated carbocycles. The Hall–Kier alpha value is -2.54. The number of methoxy groups -OCH3 is 1. The van der Waals surface area contributed by atoms with E-state index in [2.05, 4.69) is 16.9 Å². The fourth-order valence-corrected chi connectivity index (χ4v) is 4.22. The average Bonchev–Trinajstić information content (AvgIpc) is 2.95. The molecule has 3 rings (SSSR count). The van der Waals surface area contributed by atoms with E-state index in [1.165, 1.54) is 0 Å². The maximum absolute atomic E-state index is 12.1. The molecule has 0 heterocycles. The summed E-state index contributed by atoms with van der Waals surface area (Å²) in [6.45, 7) is 0.615. The molecule has 0 bridgehead atoms. The number of aliphatic hydroxyl groups is 1. The zero-order valence-electron chi connectivity index (χ0n) is 16.3. The van der Waals surface area contributed by atoms with Crippen LogP contribution in [0.4, 0.5) is 0 Å². The first-order chi connectivity index (χ1) is 12.9. The highest BCUT2D eigenvalue weighted by Crippen LogP contribution is 2.56. The van der Waals surface area contributed by atoms with Gasteiger partial charge in [0.05, 0.1) is 12.5 Å². The van der Waals surface area contributed by atoms with E-state index in [1.807, 2.05) is 68.7 Å². The van der Waals surface area contributed by atoms with E-state index >= 15 is 0 Å². The molecule has 3 nitrogen and oxygen atoms in total. The van der Waals surface area contributed by atoms with Gasteiger partial charge in [-0.25, -0.2) is 0 Å². The number of hydrogen-bond donors (Lipinski definition) is 1. The van der Waals surface area contributed by atoms with Crippen LogP contribution in [0.15, 0.2) is 60.2 Å². The molecule has 2 unspecified atom stereocenters. The fourth-order valence-electron chi connectivity index (χ4n) is 4.22. The van der Waals surface area contributed by atoms with Gasteiger partial charge in [-0.2, -0.15) is 0 Å². The van der Waals surface area contributed by atoms with Gasteiger partial charge in [-0.05, 0) is 55.8 Å². The maximum Gasteiger partial charge on any atom is 0.129 e. The van der Waals surface area contributed by atoms with Crippen molar-refractivity contribution in [1.82, 2.24) is 4.90 Å². The van der Waals surface area contributed by atoms with Crippen LogP contribution in [0, 0.1) is 17.8 Å². The molecule has 0 radical (unpaired) electrons. The van der Waals surface area contributed by atoms with E-state index in [-0.39, 0.29) is 0 Å². The van der Waals surface area contributed by atoms with Crippen LogP contribution >= 0.6 is 0 Å². The summed E-state index contributed by atoms with van der Waals surface area (Å²) in [5.41, 5.74) is 0.897. The van der Waals surface area contributed by atoms with Gasteiger partial charge in [0, 0.05) is 6.54 Å². The molecule has 2 atom stereocenters. The summed E-state index contributed by atoms with van der Waals surface area (Å²) in [6, 6.07) is 17.6. The second kappa shape index (κ2) is 7.60. The second-order valence-corrected chi connectivity index (χ2v) is 7.49. The van der Waals surface area contributed by atoms with Crippen LogP contribution in [0.2, 0.25) is 0 Å². The van der Waals surface area contributed by atoms with E-state index in [0.29, 0.717) is 6.54 Å². The monoisotopic (exact) mass is 361 g/mol. The van der Waals surface area contributed by atoms with Gasteiger partial charge >= 0.3 is 0 Å². The van der Waals surface area contributed by atoms with Gasteiger partial charge in [0.2, 0.25) is 0 Å². The predicted octanol–water partition coefficient (Wildman–Crippen LogP) is 3.94. The van der Waals surface area contributed by atoms with Crippen LogP contribution in [-0.4, -0.2) is 37.8 Å². The Morgan fingerprint density at radius 2 is 1.93 bits per heavy atom.